The Bertz CT molecular complexity index is 578. The van der Waals surface area contributed by atoms with Crippen molar-refractivity contribution in [1.82, 2.24) is 4.37 Å². The van der Waals surface area contributed by atoms with Gasteiger partial charge in [-0.15, -0.1) is 0 Å². The second kappa shape index (κ2) is 6.17. The average Bonchev–Trinajstić information content (AvgIpc) is 2.73. The van der Waals surface area contributed by atoms with E-state index in [9.17, 15) is 4.79 Å². The minimum Gasteiger partial charge on any atom is -0.375 e. The number of benzene rings is 1. The van der Waals surface area contributed by atoms with Crippen molar-refractivity contribution in [3.8, 4) is 0 Å². The summed E-state index contributed by atoms with van der Waals surface area (Å²) in [6.45, 7) is 4.20. The number of aromatic nitrogens is 1. The fraction of sp³-hybridized carbons (Fsp3) is 0.286. The Morgan fingerprint density at radius 2 is 2.05 bits per heavy atom. The molecule has 0 aliphatic carbocycles. The van der Waals surface area contributed by atoms with Crippen molar-refractivity contribution in [2.24, 2.45) is 0 Å². The Hall–Kier alpha value is -1.39. The van der Waals surface area contributed by atoms with Crippen LogP contribution in [-0.2, 0) is 6.42 Å². The Kier molecular flexibility index (Phi) is 4.56. The highest BCUT2D eigenvalue weighted by molar-refractivity contribution is 7.10. The van der Waals surface area contributed by atoms with Crippen LogP contribution in [0, 0.1) is 6.92 Å². The van der Waals surface area contributed by atoms with Crippen LogP contribution in [0.1, 0.15) is 28.5 Å². The average molecular weight is 295 g/mol. The molecule has 0 radical (unpaired) electrons. The molecule has 0 saturated heterocycles. The lowest BCUT2D eigenvalue weighted by atomic mass is 10.1. The highest BCUT2D eigenvalue weighted by Gasteiger charge is 2.14. The van der Waals surface area contributed by atoms with E-state index in [-0.39, 0.29) is 5.78 Å². The Labute approximate surface area is 121 Å². The molecule has 1 aromatic carbocycles. The summed E-state index contributed by atoms with van der Waals surface area (Å²) >= 11 is 7.18. The highest BCUT2D eigenvalue weighted by atomic mass is 35.5. The zero-order chi connectivity index (χ0) is 13.8. The Morgan fingerprint density at radius 1 is 1.37 bits per heavy atom. The summed E-state index contributed by atoms with van der Waals surface area (Å²) in [4.78, 5) is 11.5. The van der Waals surface area contributed by atoms with Crippen LogP contribution in [0.2, 0.25) is 5.02 Å². The van der Waals surface area contributed by atoms with E-state index in [1.807, 2.05) is 31.2 Å². The lowest BCUT2D eigenvalue weighted by Gasteiger charge is -2.05. The molecule has 0 bridgehead atoms. The molecule has 3 nitrogen and oxygen atoms in total. The first-order valence-electron chi connectivity index (χ1n) is 6.03. The van der Waals surface area contributed by atoms with Gasteiger partial charge in [-0.1, -0.05) is 23.7 Å². The summed E-state index contributed by atoms with van der Waals surface area (Å²) in [5.74, 6) is 0.0558. The van der Waals surface area contributed by atoms with Gasteiger partial charge in [-0.05, 0) is 49.5 Å². The van der Waals surface area contributed by atoms with E-state index in [1.54, 1.807) is 6.92 Å². The standard InChI is InChI=1S/C14H15ClN2OS/c1-9-13(10(2)18)14(19-17-9)16-8-7-11-3-5-12(15)6-4-11/h3-6,16H,7-8H2,1-2H3. The van der Waals surface area contributed by atoms with Gasteiger partial charge in [-0.3, -0.25) is 4.79 Å². The van der Waals surface area contributed by atoms with Gasteiger partial charge < -0.3 is 5.32 Å². The fourth-order valence-corrected chi connectivity index (χ4v) is 2.87. The van der Waals surface area contributed by atoms with Crippen molar-refractivity contribution in [2.45, 2.75) is 20.3 Å². The zero-order valence-electron chi connectivity index (χ0n) is 10.9. The van der Waals surface area contributed by atoms with Crippen LogP contribution in [-0.4, -0.2) is 16.7 Å². The van der Waals surface area contributed by atoms with Crippen LogP contribution in [0.25, 0.3) is 0 Å². The third kappa shape index (κ3) is 3.55. The largest absolute Gasteiger partial charge is 0.375 e. The highest BCUT2D eigenvalue weighted by Crippen LogP contribution is 2.24. The molecule has 0 saturated carbocycles. The van der Waals surface area contributed by atoms with E-state index in [0.29, 0.717) is 5.56 Å². The van der Waals surface area contributed by atoms with E-state index in [2.05, 4.69) is 9.69 Å². The van der Waals surface area contributed by atoms with Gasteiger partial charge in [-0.25, -0.2) is 0 Å². The van der Waals surface area contributed by atoms with Gasteiger partial charge in [0.2, 0.25) is 0 Å². The minimum absolute atomic E-state index is 0.0558. The molecule has 0 aliphatic rings. The van der Waals surface area contributed by atoms with E-state index < -0.39 is 0 Å². The Balaban J connectivity index is 1.96. The number of Topliss-reactive ketones (excluding diaryl/α,β-unsaturated/α-hetero) is 1. The number of rotatable bonds is 5. The maximum atomic E-state index is 11.5. The second-order valence-electron chi connectivity index (χ2n) is 4.33. The first-order valence-corrected chi connectivity index (χ1v) is 7.18. The van der Waals surface area contributed by atoms with Crippen LogP contribution < -0.4 is 5.32 Å². The quantitative estimate of drug-likeness (QED) is 0.849. The lowest BCUT2D eigenvalue weighted by Crippen LogP contribution is -2.07. The van der Waals surface area contributed by atoms with Gasteiger partial charge in [0.1, 0.15) is 5.00 Å². The number of nitrogens with zero attached hydrogens (tertiary/aromatic N) is 1. The van der Waals surface area contributed by atoms with E-state index in [1.165, 1.54) is 17.1 Å². The maximum Gasteiger partial charge on any atom is 0.164 e. The first-order chi connectivity index (χ1) is 9.08. The van der Waals surface area contributed by atoms with Crippen molar-refractivity contribution in [3.63, 3.8) is 0 Å². The van der Waals surface area contributed by atoms with Crippen molar-refractivity contribution >= 4 is 33.9 Å². The van der Waals surface area contributed by atoms with Crippen LogP contribution in [0.3, 0.4) is 0 Å². The SMILES string of the molecule is CC(=O)c1c(C)nsc1NCCc1ccc(Cl)cc1. The molecule has 19 heavy (non-hydrogen) atoms. The van der Waals surface area contributed by atoms with Crippen LogP contribution in [0.15, 0.2) is 24.3 Å². The predicted molar refractivity (Wildman–Crippen MR) is 80.5 cm³/mol. The van der Waals surface area contributed by atoms with Gasteiger partial charge in [0.15, 0.2) is 5.78 Å². The summed E-state index contributed by atoms with van der Waals surface area (Å²) in [5.41, 5.74) is 2.72. The van der Waals surface area contributed by atoms with Gasteiger partial charge in [0, 0.05) is 11.6 Å². The number of nitrogens with one attached hydrogen (secondary N) is 1. The van der Waals surface area contributed by atoms with E-state index in [4.69, 9.17) is 11.6 Å². The number of carbonyl (C=O) groups is 1. The molecule has 0 aliphatic heterocycles. The van der Waals surface area contributed by atoms with Gasteiger partial charge in [0.05, 0.1) is 11.3 Å². The molecule has 100 valence electrons. The predicted octanol–water partition coefficient (Wildman–Crippen LogP) is 3.96. The van der Waals surface area contributed by atoms with Gasteiger partial charge >= 0.3 is 0 Å². The fourth-order valence-electron chi connectivity index (χ4n) is 1.88. The zero-order valence-corrected chi connectivity index (χ0v) is 12.4. The van der Waals surface area contributed by atoms with E-state index >= 15 is 0 Å². The Morgan fingerprint density at radius 3 is 2.68 bits per heavy atom. The monoisotopic (exact) mass is 294 g/mol. The van der Waals surface area contributed by atoms with Crippen molar-refractivity contribution < 1.29 is 4.79 Å². The molecule has 0 fully saturated rings. The van der Waals surface area contributed by atoms with Crippen LogP contribution in [0.4, 0.5) is 5.00 Å². The number of anilines is 1. The summed E-state index contributed by atoms with van der Waals surface area (Å²) in [5, 5.41) is 4.89. The normalized spacial score (nSPS) is 10.5. The maximum absolute atomic E-state index is 11.5. The van der Waals surface area contributed by atoms with Crippen molar-refractivity contribution in [1.29, 1.82) is 0 Å². The summed E-state index contributed by atoms with van der Waals surface area (Å²) in [6.07, 6.45) is 0.880. The molecular formula is C14H15ClN2OS. The third-order valence-electron chi connectivity index (χ3n) is 2.83. The summed E-state index contributed by atoms with van der Waals surface area (Å²) < 4.78 is 4.22. The number of carbonyl (C=O) groups excluding carboxylic acids is 1. The molecule has 0 spiro atoms. The number of aryl methyl sites for hydroxylation is 1. The van der Waals surface area contributed by atoms with E-state index in [0.717, 1.165) is 28.7 Å². The number of hydrogen-bond donors (Lipinski definition) is 1. The topological polar surface area (TPSA) is 42.0 Å². The van der Waals surface area contributed by atoms with Crippen molar-refractivity contribution in [3.05, 3.63) is 46.1 Å². The van der Waals surface area contributed by atoms with Crippen LogP contribution >= 0.6 is 23.1 Å². The first kappa shape index (κ1) is 14.0. The van der Waals surface area contributed by atoms with Gasteiger partial charge in [-0.2, -0.15) is 4.37 Å². The summed E-state index contributed by atoms with van der Waals surface area (Å²) in [6, 6.07) is 7.78. The minimum atomic E-state index is 0.0558. The molecule has 0 atom stereocenters. The molecule has 2 rings (SSSR count). The number of hydrogen-bond acceptors (Lipinski definition) is 4. The third-order valence-corrected chi connectivity index (χ3v) is 3.98. The number of ketones is 1. The molecule has 1 heterocycles. The molecular weight excluding hydrogens is 280 g/mol. The molecule has 1 N–H and O–H groups in total. The smallest absolute Gasteiger partial charge is 0.164 e. The molecule has 2 aromatic rings. The molecule has 0 amide bonds. The molecule has 1 aromatic heterocycles. The van der Waals surface area contributed by atoms with Crippen molar-refractivity contribution in [2.75, 3.05) is 11.9 Å². The number of halogens is 1. The molecule has 0 unspecified atom stereocenters. The van der Waals surface area contributed by atoms with Crippen LogP contribution in [0.5, 0.6) is 0 Å². The van der Waals surface area contributed by atoms with Gasteiger partial charge in [0.25, 0.3) is 0 Å². The lowest BCUT2D eigenvalue weighted by molar-refractivity contribution is 0.101. The summed E-state index contributed by atoms with van der Waals surface area (Å²) in [7, 11) is 0. The molecule has 5 heteroatoms. The second-order valence-corrected chi connectivity index (χ2v) is 5.54.